The maximum absolute atomic E-state index is 10.1. The highest BCUT2D eigenvalue weighted by Gasteiger charge is 2.20. The van der Waals surface area contributed by atoms with Gasteiger partial charge in [-0.2, -0.15) is 0 Å². The molecule has 10 heavy (non-hydrogen) atoms. The van der Waals surface area contributed by atoms with Gasteiger partial charge >= 0.3 is 0 Å². The maximum atomic E-state index is 10.1. The third-order valence-corrected chi connectivity index (χ3v) is 2.10. The lowest BCUT2D eigenvalue weighted by Gasteiger charge is -2.27. The third-order valence-electron chi connectivity index (χ3n) is 2.10. The summed E-state index contributed by atoms with van der Waals surface area (Å²) in [4.78, 5) is 10.1. The summed E-state index contributed by atoms with van der Waals surface area (Å²) in [5.74, 6) is 0. The van der Waals surface area contributed by atoms with Crippen molar-refractivity contribution in [1.29, 1.82) is 0 Å². The second-order valence-electron chi connectivity index (χ2n) is 2.84. The Morgan fingerprint density at radius 1 is 1.40 bits per heavy atom. The van der Waals surface area contributed by atoms with E-state index in [0.29, 0.717) is 0 Å². The van der Waals surface area contributed by atoms with E-state index in [0.717, 1.165) is 19.3 Å². The number of rotatable bonds is 2. The summed E-state index contributed by atoms with van der Waals surface area (Å²) >= 11 is 0. The van der Waals surface area contributed by atoms with Crippen LogP contribution in [0.2, 0.25) is 0 Å². The molecule has 1 amide bonds. The van der Waals surface area contributed by atoms with Crippen LogP contribution >= 0.6 is 0 Å². The first kappa shape index (κ1) is 7.54. The zero-order valence-electron chi connectivity index (χ0n) is 6.05. The molecule has 1 aliphatic rings. The Labute approximate surface area is 61.0 Å². The van der Waals surface area contributed by atoms with Gasteiger partial charge in [-0.25, -0.2) is 0 Å². The fourth-order valence-corrected chi connectivity index (χ4v) is 1.45. The normalized spacial score (nSPS) is 33.3. The molecule has 1 rings (SSSR count). The largest absolute Gasteiger partial charge is 0.354 e. The third kappa shape index (κ3) is 1.70. The smallest absolute Gasteiger partial charge is 0.207 e. The SMILES string of the molecule is N[C@@H]1CCCC[C@H]1NC=O. The second-order valence-corrected chi connectivity index (χ2v) is 2.84. The van der Waals surface area contributed by atoms with E-state index in [1.807, 2.05) is 0 Å². The Morgan fingerprint density at radius 2 is 2.10 bits per heavy atom. The summed E-state index contributed by atoms with van der Waals surface area (Å²) in [6.45, 7) is 0. The van der Waals surface area contributed by atoms with Crippen LogP contribution in [-0.4, -0.2) is 18.5 Å². The molecular formula is C7H14N2O. The second kappa shape index (κ2) is 3.56. The number of nitrogens with one attached hydrogen (secondary N) is 1. The molecule has 58 valence electrons. The molecular weight excluding hydrogens is 128 g/mol. The van der Waals surface area contributed by atoms with E-state index in [9.17, 15) is 4.79 Å². The summed E-state index contributed by atoms with van der Waals surface area (Å²) < 4.78 is 0. The molecule has 1 aliphatic carbocycles. The van der Waals surface area contributed by atoms with Gasteiger partial charge in [-0.1, -0.05) is 12.8 Å². The molecule has 0 aliphatic heterocycles. The summed E-state index contributed by atoms with van der Waals surface area (Å²) in [5, 5.41) is 2.73. The van der Waals surface area contributed by atoms with E-state index >= 15 is 0 Å². The molecule has 3 nitrogen and oxygen atoms in total. The molecule has 1 fully saturated rings. The molecule has 0 aromatic heterocycles. The van der Waals surface area contributed by atoms with E-state index < -0.39 is 0 Å². The fourth-order valence-electron chi connectivity index (χ4n) is 1.45. The topological polar surface area (TPSA) is 55.1 Å². The molecule has 2 atom stereocenters. The average Bonchev–Trinajstić information content (AvgIpc) is 1.94. The highest BCUT2D eigenvalue weighted by atomic mass is 16.1. The van der Waals surface area contributed by atoms with Crippen LogP contribution in [0.25, 0.3) is 0 Å². The van der Waals surface area contributed by atoms with Gasteiger partial charge in [0.2, 0.25) is 6.41 Å². The van der Waals surface area contributed by atoms with Gasteiger partial charge in [-0.15, -0.1) is 0 Å². The Morgan fingerprint density at radius 3 is 2.70 bits per heavy atom. The molecule has 0 radical (unpaired) electrons. The summed E-state index contributed by atoms with van der Waals surface area (Å²) in [5.41, 5.74) is 5.74. The minimum atomic E-state index is 0.180. The number of hydrogen-bond donors (Lipinski definition) is 2. The van der Waals surface area contributed by atoms with E-state index in [-0.39, 0.29) is 12.1 Å². The van der Waals surface area contributed by atoms with Crippen LogP contribution in [0.4, 0.5) is 0 Å². The lowest BCUT2D eigenvalue weighted by molar-refractivity contribution is -0.110. The predicted octanol–water partition coefficient (Wildman–Crippen LogP) is 0.00230. The Kier molecular flexibility index (Phi) is 2.68. The van der Waals surface area contributed by atoms with E-state index in [1.54, 1.807) is 0 Å². The first-order valence-corrected chi connectivity index (χ1v) is 3.80. The molecule has 0 heterocycles. The van der Waals surface area contributed by atoms with Crippen LogP contribution in [0.5, 0.6) is 0 Å². The van der Waals surface area contributed by atoms with Crippen molar-refractivity contribution in [2.24, 2.45) is 5.73 Å². The molecule has 0 aromatic rings. The molecule has 0 aromatic carbocycles. The van der Waals surface area contributed by atoms with Gasteiger partial charge in [-0.05, 0) is 12.8 Å². The minimum Gasteiger partial charge on any atom is -0.354 e. The van der Waals surface area contributed by atoms with E-state index in [2.05, 4.69) is 5.32 Å². The first-order chi connectivity index (χ1) is 4.84. The Bertz CT molecular complexity index is 116. The van der Waals surface area contributed by atoms with Crippen LogP contribution in [0.15, 0.2) is 0 Å². The maximum Gasteiger partial charge on any atom is 0.207 e. The summed E-state index contributed by atoms with van der Waals surface area (Å²) in [7, 11) is 0. The Hall–Kier alpha value is -0.570. The molecule has 0 saturated heterocycles. The number of amides is 1. The molecule has 1 saturated carbocycles. The van der Waals surface area contributed by atoms with Gasteiger partial charge in [0.05, 0.1) is 0 Å². The monoisotopic (exact) mass is 142 g/mol. The minimum absolute atomic E-state index is 0.180. The van der Waals surface area contributed by atoms with Crippen molar-refractivity contribution < 1.29 is 4.79 Å². The molecule has 0 bridgehead atoms. The lowest BCUT2D eigenvalue weighted by atomic mass is 9.91. The first-order valence-electron chi connectivity index (χ1n) is 3.80. The Balaban J connectivity index is 2.32. The average molecular weight is 142 g/mol. The molecule has 0 unspecified atom stereocenters. The van der Waals surface area contributed by atoms with Crippen molar-refractivity contribution >= 4 is 6.41 Å². The van der Waals surface area contributed by atoms with Gasteiger partial charge in [0.25, 0.3) is 0 Å². The van der Waals surface area contributed by atoms with Crippen LogP contribution in [-0.2, 0) is 4.79 Å². The van der Waals surface area contributed by atoms with Gasteiger partial charge in [-0.3, -0.25) is 4.79 Å². The van der Waals surface area contributed by atoms with Crippen molar-refractivity contribution in [1.82, 2.24) is 5.32 Å². The van der Waals surface area contributed by atoms with Gasteiger partial charge in [0.1, 0.15) is 0 Å². The summed E-state index contributed by atoms with van der Waals surface area (Å²) in [6, 6.07) is 0.408. The van der Waals surface area contributed by atoms with Crippen LogP contribution < -0.4 is 11.1 Å². The van der Waals surface area contributed by atoms with Crippen LogP contribution in [0.1, 0.15) is 25.7 Å². The quantitative estimate of drug-likeness (QED) is 0.533. The zero-order valence-corrected chi connectivity index (χ0v) is 6.05. The fraction of sp³-hybridized carbons (Fsp3) is 0.857. The van der Waals surface area contributed by atoms with Crippen molar-refractivity contribution in [2.75, 3.05) is 0 Å². The van der Waals surface area contributed by atoms with E-state index in [4.69, 9.17) is 5.73 Å². The lowest BCUT2D eigenvalue weighted by Crippen LogP contribution is -2.46. The number of carbonyl (C=O) groups excluding carboxylic acids is 1. The highest BCUT2D eigenvalue weighted by Crippen LogP contribution is 2.15. The number of hydrogen-bond acceptors (Lipinski definition) is 2. The molecule has 3 N–H and O–H groups in total. The van der Waals surface area contributed by atoms with Crippen molar-refractivity contribution in [3.8, 4) is 0 Å². The van der Waals surface area contributed by atoms with Crippen molar-refractivity contribution in [3.05, 3.63) is 0 Å². The molecule has 0 spiro atoms. The molecule has 3 heteroatoms. The van der Waals surface area contributed by atoms with Crippen LogP contribution in [0.3, 0.4) is 0 Å². The standard InChI is InChI=1S/C7H14N2O/c8-6-3-1-2-4-7(6)9-5-10/h5-7H,1-4,8H2,(H,9,10)/t6-,7-/m1/s1. The summed E-state index contributed by atoms with van der Waals surface area (Å²) in [6.07, 6.45) is 5.23. The highest BCUT2D eigenvalue weighted by molar-refractivity contribution is 5.46. The van der Waals surface area contributed by atoms with Gasteiger partial charge in [0, 0.05) is 12.1 Å². The number of nitrogens with two attached hydrogens (primary N) is 1. The van der Waals surface area contributed by atoms with Crippen molar-refractivity contribution in [3.63, 3.8) is 0 Å². The van der Waals surface area contributed by atoms with Crippen LogP contribution in [0, 0.1) is 0 Å². The van der Waals surface area contributed by atoms with Crippen molar-refractivity contribution in [2.45, 2.75) is 37.8 Å². The van der Waals surface area contributed by atoms with Gasteiger partial charge < -0.3 is 11.1 Å². The zero-order chi connectivity index (χ0) is 7.40. The van der Waals surface area contributed by atoms with Gasteiger partial charge in [0.15, 0.2) is 0 Å². The predicted molar refractivity (Wildman–Crippen MR) is 39.4 cm³/mol. The number of carbonyl (C=O) groups is 1. The van der Waals surface area contributed by atoms with E-state index in [1.165, 1.54) is 12.8 Å².